The van der Waals surface area contributed by atoms with E-state index in [1.807, 2.05) is 18.2 Å². The van der Waals surface area contributed by atoms with Crippen molar-refractivity contribution in [3.8, 4) is 0 Å². The van der Waals surface area contributed by atoms with Gasteiger partial charge in [-0.3, -0.25) is 4.79 Å². The van der Waals surface area contributed by atoms with Crippen LogP contribution in [0.4, 0.5) is 0 Å². The zero-order chi connectivity index (χ0) is 12.0. The van der Waals surface area contributed by atoms with Crippen LogP contribution in [0.2, 0.25) is 0 Å². The summed E-state index contributed by atoms with van der Waals surface area (Å²) in [5, 5.41) is 0. The smallest absolute Gasteiger partial charge is 0.193 e. The average molecular weight is 224 g/mol. The minimum atomic E-state index is 0.121. The van der Waals surface area contributed by atoms with Gasteiger partial charge in [0, 0.05) is 11.1 Å². The first kappa shape index (κ1) is 10.5. The molecule has 1 unspecified atom stereocenters. The number of carbonyl (C=O) groups is 1. The summed E-state index contributed by atoms with van der Waals surface area (Å²) in [7, 11) is 0. The molecule has 0 amide bonds. The molecule has 3 rings (SSSR count). The molecule has 1 aromatic rings. The fourth-order valence-corrected chi connectivity index (χ4v) is 3.01. The number of fused-ring (bicyclic) bond motifs is 2. The quantitative estimate of drug-likeness (QED) is 0.659. The summed E-state index contributed by atoms with van der Waals surface area (Å²) in [5.41, 5.74) is 5.32. The lowest BCUT2D eigenvalue weighted by atomic mass is 9.83. The topological polar surface area (TPSA) is 17.1 Å². The maximum absolute atomic E-state index is 12.2. The molecule has 2 aliphatic rings. The molecule has 86 valence electrons. The van der Waals surface area contributed by atoms with E-state index in [1.54, 1.807) is 0 Å². The van der Waals surface area contributed by atoms with Gasteiger partial charge in [-0.25, -0.2) is 0 Å². The van der Waals surface area contributed by atoms with E-state index in [9.17, 15) is 4.79 Å². The highest BCUT2D eigenvalue weighted by Gasteiger charge is 2.33. The Morgan fingerprint density at radius 3 is 2.53 bits per heavy atom. The van der Waals surface area contributed by atoms with Crippen LogP contribution in [0.5, 0.6) is 0 Å². The van der Waals surface area contributed by atoms with Gasteiger partial charge in [0.25, 0.3) is 0 Å². The minimum absolute atomic E-state index is 0.121. The van der Waals surface area contributed by atoms with E-state index in [2.05, 4.69) is 19.6 Å². The van der Waals surface area contributed by atoms with Crippen molar-refractivity contribution in [3.05, 3.63) is 53.1 Å². The van der Waals surface area contributed by atoms with Gasteiger partial charge in [0.05, 0.1) is 0 Å². The fourth-order valence-electron chi connectivity index (χ4n) is 3.01. The molecule has 0 heterocycles. The monoisotopic (exact) mass is 224 g/mol. The van der Waals surface area contributed by atoms with E-state index in [1.165, 1.54) is 17.6 Å². The van der Waals surface area contributed by atoms with E-state index >= 15 is 0 Å². The number of Topliss-reactive ketones (excluding diaryl/α,β-unsaturated/α-hetero) is 1. The van der Waals surface area contributed by atoms with Crippen molar-refractivity contribution in [1.29, 1.82) is 0 Å². The molecule has 1 nitrogen and oxygen atoms in total. The zero-order valence-electron chi connectivity index (χ0n) is 10.1. The van der Waals surface area contributed by atoms with Gasteiger partial charge in [-0.1, -0.05) is 44.2 Å². The second kappa shape index (κ2) is 3.69. The molecule has 0 fully saturated rings. The number of carbonyl (C=O) groups excluding carboxylic acids is 1. The Hall–Kier alpha value is -1.63. The highest BCUT2D eigenvalue weighted by atomic mass is 16.1. The van der Waals surface area contributed by atoms with Gasteiger partial charge in [-0.05, 0) is 35.5 Å². The third kappa shape index (κ3) is 1.42. The third-order valence-corrected chi connectivity index (χ3v) is 4.06. The Balaban J connectivity index is 2.17. The molecular formula is C16H16O. The molecule has 0 saturated carbocycles. The van der Waals surface area contributed by atoms with Gasteiger partial charge in [0.15, 0.2) is 5.78 Å². The number of allylic oxidation sites excluding steroid dienone is 3. The highest BCUT2D eigenvalue weighted by Crippen LogP contribution is 2.46. The Labute approximate surface area is 102 Å². The second-order valence-corrected chi connectivity index (χ2v) is 4.99. The fraction of sp³-hybridized carbons (Fsp3) is 0.312. The van der Waals surface area contributed by atoms with Crippen molar-refractivity contribution < 1.29 is 4.79 Å². The lowest BCUT2D eigenvalue weighted by molar-refractivity contribution is 0.103. The predicted octanol–water partition coefficient (Wildman–Crippen LogP) is 4.01. The summed E-state index contributed by atoms with van der Waals surface area (Å²) >= 11 is 0. The summed E-state index contributed by atoms with van der Waals surface area (Å²) in [6.45, 7) is 6.22. The van der Waals surface area contributed by atoms with Crippen molar-refractivity contribution in [2.45, 2.75) is 26.2 Å². The van der Waals surface area contributed by atoms with Crippen LogP contribution in [-0.4, -0.2) is 5.78 Å². The van der Waals surface area contributed by atoms with Crippen molar-refractivity contribution in [2.24, 2.45) is 5.92 Å². The lowest BCUT2D eigenvalue weighted by Crippen LogP contribution is -2.12. The van der Waals surface area contributed by atoms with Crippen molar-refractivity contribution in [1.82, 2.24) is 0 Å². The first-order chi connectivity index (χ1) is 8.22. The van der Waals surface area contributed by atoms with Crippen LogP contribution in [-0.2, 0) is 0 Å². The predicted molar refractivity (Wildman–Crippen MR) is 69.8 cm³/mol. The van der Waals surface area contributed by atoms with Crippen molar-refractivity contribution in [2.75, 3.05) is 0 Å². The average Bonchev–Trinajstić information content (AvgIpc) is 2.80. The largest absolute Gasteiger partial charge is 0.289 e. The van der Waals surface area contributed by atoms with Crippen LogP contribution in [0, 0.1) is 5.92 Å². The van der Waals surface area contributed by atoms with Gasteiger partial charge >= 0.3 is 0 Å². The standard InChI is InChI=1S/C16H16O/c1-3-11-8-14-10(2)16(17)13-7-5-4-6-12(13)15(14)9-11/h4-7,11H,2-3,8-9H2,1H3. The van der Waals surface area contributed by atoms with E-state index in [0.29, 0.717) is 5.92 Å². The Kier molecular flexibility index (Phi) is 2.29. The van der Waals surface area contributed by atoms with Gasteiger partial charge in [0.2, 0.25) is 0 Å². The van der Waals surface area contributed by atoms with Crippen LogP contribution in [0.15, 0.2) is 42.0 Å². The van der Waals surface area contributed by atoms with Crippen LogP contribution < -0.4 is 0 Å². The van der Waals surface area contributed by atoms with Crippen LogP contribution in [0.25, 0.3) is 5.57 Å². The van der Waals surface area contributed by atoms with E-state index in [4.69, 9.17) is 0 Å². The first-order valence-corrected chi connectivity index (χ1v) is 6.27. The summed E-state index contributed by atoms with van der Waals surface area (Å²) in [6, 6.07) is 7.95. The lowest BCUT2D eigenvalue weighted by Gasteiger charge is -2.19. The normalized spacial score (nSPS) is 22.8. The molecule has 0 N–H and O–H groups in total. The number of rotatable bonds is 1. The molecule has 0 radical (unpaired) electrons. The summed E-state index contributed by atoms with van der Waals surface area (Å²) in [4.78, 5) is 12.2. The molecule has 0 aliphatic heterocycles. The Morgan fingerprint density at radius 2 is 1.82 bits per heavy atom. The maximum Gasteiger partial charge on any atom is 0.193 e. The summed E-state index contributed by atoms with van der Waals surface area (Å²) in [5.74, 6) is 0.812. The van der Waals surface area contributed by atoms with Crippen LogP contribution >= 0.6 is 0 Å². The molecule has 1 aromatic carbocycles. The molecule has 0 saturated heterocycles. The van der Waals surface area contributed by atoms with Gasteiger partial charge < -0.3 is 0 Å². The molecule has 2 aliphatic carbocycles. The summed E-state index contributed by atoms with van der Waals surface area (Å²) in [6.07, 6.45) is 3.32. The first-order valence-electron chi connectivity index (χ1n) is 6.27. The molecule has 1 heteroatoms. The van der Waals surface area contributed by atoms with Crippen molar-refractivity contribution >= 4 is 11.4 Å². The molecule has 0 aromatic heterocycles. The van der Waals surface area contributed by atoms with Gasteiger partial charge in [0.1, 0.15) is 0 Å². The zero-order valence-corrected chi connectivity index (χ0v) is 10.1. The number of hydrogen-bond donors (Lipinski definition) is 0. The molecule has 1 atom stereocenters. The number of benzene rings is 1. The third-order valence-electron chi connectivity index (χ3n) is 4.06. The highest BCUT2D eigenvalue weighted by molar-refractivity contribution is 6.18. The Bertz CT molecular complexity index is 548. The number of hydrogen-bond acceptors (Lipinski definition) is 1. The van der Waals surface area contributed by atoms with Crippen LogP contribution in [0.3, 0.4) is 0 Å². The minimum Gasteiger partial charge on any atom is -0.289 e. The molecule has 17 heavy (non-hydrogen) atoms. The Morgan fingerprint density at radius 1 is 1.18 bits per heavy atom. The van der Waals surface area contributed by atoms with Crippen molar-refractivity contribution in [3.63, 3.8) is 0 Å². The van der Waals surface area contributed by atoms with E-state index in [0.717, 1.165) is 29.5 Å². The summed E-state index contributed by atoms with van der Waals surface area (Å²) < 4.78 is 0. The molecule has 0 bridgehead atoms. The molecular weight excluding hydrogens is 208 g/mol. The maximum atomic E-state index is 12.2. The second-order valence-electron chi connectivity index (χ2n) is 4.99. The van der Waals surface area contributed by atoms with Gasteiger partial charge in [-0.2, -0.15) is 0 Å². The van der Waals surface area contributed by atoms with Crippen LogP contribution in [0.1, 0.15) is 42.1 Å². The van der Waals surface area contributed by atoms with E-state index in [-0.39, 0.29) is 5.78 Å². The van der Waals surface area contributed by atoms with Gasteiger partial charge in [-0.15, -0.1) is 0 Å². The number of ketones is 1. The molecule has 0 spiro atoms. The van der Waals surface area contributed by atoms with E-state index < -0.39 is 0 Å². The SMILES string of the molecule is C=C1C(=O)c2ccccc2C2=C1CC(CC)C2.